The summed E-state index contributed by atoms with van der Waals surface area (Å²) in [6.45, 7) is 0. The minimum absolute atomic E-state index is 0.442. The van der Waals surface area contributed by atoms with E-state index in [2.05, 4.69) is 5.32 Å². The molecule has 10 heavy (non-hydrogen) atoms. The molecule has 0 bridgehead atoms. The zero-order valence-corrected chi connectivity index (χ0v) is 6.52. The first-order valence-electron chi connectivity index (χ1n) is 4.02. The Morgan fingerprint density at radius 1 is 1.40 bits per heavy atom. The molecule has 0 amide bonds. The Labute approximate surface area is 62.0 Å². The molecule has 1 rings (SSSR count). The minimum atomic E-state index is 0.442. The van der Waals surface area contributed by atoms with E-state index in [0.29, 0.717) is 11.8 Å². The Morgan fingerprint density at radius 2 is 2.20 bits per heavy atom. The third-order valence-corrected chi connectivity index (χ3v) is 2.19. The molecule has 2 nitrogen and oxygen atoms in total. The third-order valence-electron chi connectivity index (χ3n) is 2.19. The van der Waals surface area contributed by atoms with Gasteiger partial charge in [0.25, 0.3) is 0 Å². The molecule has 1 aliphatic carbocycles. The molecule has 1 saturated carbocycles. The van der Waals surface area contributed by atoms with Gasteiger partial charge in [0.05, 0.1) is 0 Å². The van der Waals surface area contributed by atoms with Crippen LogP contribution in [0.5, 0.6) is 0 Å². The monoisotopic (exact) mass is 141 g/mol. The second-order valence-electron chi connectivity index (χ2n) is 2.96. The Hall–Kier alpha value is -0.370. The number of nitrogens with one attached hydrogen (secondary N) is 1. The van der Waals surface area contributed by atoms with E-state index in [-0.39, 0.29) is 0 Å². The van der Waals surface area contributed by atoms with Crippen molar-refractivity contribution in [1.82, 2.24) is 5.32 Å². The smallest absolute Gasteiger partial charge is 0.132 e. The topological polar surface area (TPSA) is 29.1 Å². The number of hydrogen-bond donors (Lipinski definition) is 1. The van der Waals surface area contributed by atoms with E-state index in [1.165, 1.54) is 6.42 Å². The van der Waals surface area contributed by atoms with Crippen LogP contribution >= 0.6 is 0 Å². The maximum atomic E-state index is 10.9. The van der Waals surface area contributed by atoms with Gasteiger partial charge in [-0.25, -0.2) is 0 Å². The maximum Gasteiger partial charge on any atom is 0.132 e. The molecule has 0 radical (unpaired) electrons. The van der Waals surface area contributed by atoms with E-state index in [0.717, 1.165) is 25.7 Å². The van der Waals surface area contributed by atoms with Crippen LogP contribution in [0.2, 0.25) is 0 Å². The fraction of sp³-hybridized carbons (Fsp3) is 0.875. The summed E-state index contributed by atoms with van der Waals surface area (Å²) in [6, 6.07) is 0.589. The Kier molecular flexibility index (Phi) is 2.87. The molecule has 0 aromatic rings. The number of Topliss-reactive ketones (excluding diaryl/α,β-unsaturated/α-hetero) is 1. The molecule has 1 aliphatic rings. The first-order chi connectivity index (χ1) is 4.83. The van der Waals surface area contributed by atoms with Crippen molar-refractivity contribution in [2.75, 3.05) is 7.05 Å². The summed E-state index contributed by atoms with van der Waals surface area (Å²) in [5.41, 5.74) is 0. The molecule has 1 N–H and O–H groups in total. The highest BCUT2D eigenvalue weighted by molar-refractivity contribution is 5.78. The lowest BCUT2D eigenvalue weighted by Crippen LogP contribution is -2.23. The predicted molar refractivity (Wildman–Crippen MR) is 40.9 cm³/mol. The summed E-state index contributed by atoms with van der Waals surface area (Å²) in [5.74, 6) is 0.442. The average Bonchev–Trinajstić information content (AvgIpc) is 2.14. The quantitative estimate of drug-likeness (QED) is 0.554. The number of hydrogen-bond acceptors (Lipinski definition) is 2. The largest absolute Gasteiger partial charge is 0.317 e. The normalized spacial score (nSPS) is 28.1. The molecule has 0 heterocycles. The lowest BCUT2D eigenvalue weighted by molar-refractivity contribution is -0.118. The highest BCUT2D eigenvalue weighted by Gasteiger charge is 2.13. The molecule has 0 saturated heterocycles. The van der Waals surface area contributed by atoms with Crippen LogP contribution in [0.3, 0.4) is 0 Å². The van der Waals surface area contributed by atoms with Crippen molar-refractivity contribution in [1.29, 1.82) is 0 Å². The third kappa shape index (κ3) is 2.10. The van der Waals surface area contributed by atoms with Crippen molar-refractivity contribution in [3.05, 3.63) is 0 Å². The maximum absolute atomic E-state index is 10.9. The van der Waals surface area contributed by atoms with Gasteiger partial charge in [-0.15, -0.1) is 0 Å². The molecule has 0 spiro atoms. The first kappa shape index (κ1) is 7.73. The van der Waals surface area contributed by atoms with Gasteiger partial charge < -0.3 is 5.32 Å². The van der Waals surface area contributed by atoms with Crippen LogP contribution in [0.25, 0.3) is 0 Å². The van der Waals surface area contributed by atoms with Crippen molar-refractivity contribution in [3.63, 3.8) is 0 Å². The first-order valence-corrected chi connectivity index (χ1v) is 4.02. The second kappa shape index (κ2) is 3.71. The van der Waals surface area contributed by atoms with Gasteiger partial charge in [0.15, 0.2) is 0 Å². The van der Waals surface area contributed by atoms with Crippen molar-refractivity contribution in [2.24, 2.45) is 0 Å². The minimum Gasteiger partial charge on any atom is -0.317 e. The zero-order valence-electron chi connectivity index (χ0n) is 6.52. The van der Waals surface area contributed by atoms with Gasteiger partial charge in [-0.1, -0.05) is 0 Å². The van der Waals surface area contributed by atoms with Crippen molar-refractivity contribution >= 4 is 5.78 Å². The molecular formula is C8H15NO. The summed E-state index contributed by atoms with van der Waals surface area (Å²) in [6.07, 6.45) is 4.87. The lowest BCUT2D eigenvalue weighted by Gasteiger charge is -2.10. The average molecular weight is 141 g/mol. The van der Waals surface area contributed by atoms with Gasteiger partial charge in [0.1, 0.15) is 5.78 Å². The van der Waals surface area contributed by atoms with Crippen LogP contribution < -0.4 is 5.32 Å². The van der Waals surface area contributed by atoms with Gasteiger partial charge in [0.2, 0.25) is 0 Å². The highest BCUT2D eigenvalue weighted by atomic mass is 16.1. The molecule has 58 valence electrons. The number of rotatable bonds is 1. The molecule has 0 aliphatic heterocycles. The number of carbonyl (C=O) groups excluding carboxylic acids is 1. The molecular weight excluding hydrogens is 126 g/mol. The van der Waals surface area contributed by atoms with Crippen LogP contribution in [0, 0.1) is 0 Å². The number of carbonyl (C=O) groups is 1. The van der Waals surface area contributed by atoms with Crippen molar-refractivity contribution < 1.29 is 4.79 Å². The lowest BCUT2D eigenvalue weighted by atomic mass is 10.1. The molecule has 1 fully saturated rings. The van der Waals surface area contributed by atoms with Crippen LogP contribution in [0.15, 0.2) is 0 Å². The van der Waals surface area contributed by atoms with E-state index < -0.39 is 0 Å². The van der Waals surface area contributed by atoms with Gasteiger partial charge in [-0.3, -0.25) is 4.79 Å². The van der Waals surface area contributed by atoms with Crippen LogP contribution in [-0.2, 0) is 4.79 Å². The fourth-order valence-corrected chi connectivity index (χ4v) is 1.44. The standard InChI is InChI=1S/C8H15NO/c1-9-7-3-2-4-8(10)6-5-7/h7,9H,2-6H2,1H3. The van der Waals surface area contributed by atoms with Crippen LogP contribution in [0.1, 0.15) is 32.1 Å². The molecule has 1 atom stereocenters. The summed E-state index contributed by atoms with van der Waals surface area (Å²) < 4.78 is 0. The summed E-state index contributed by atoms with van der Waals surface area (Å²) in [7, 11) is 1.97. The van der Waals surface area contributed by atoms with E-state index in [4.69, 9.17) is 0 Å². The van der Waals surface area contributed by atoms with Crippen LogP contribution in [-0.4, -0.2) is 18.9 Å². The molecule has 0 aromatic carbocycles. The number of ketones is 1. The van der Waals surface area contributed by atoms with E-state index in [9.17, 15) is 4.79 Å². The van der Waals surface area contributed by atoms with Crippen molar-refractivity contribution in [3.8, 4) is 0 Å². The van der Waals surface area contributed by atoms with E-state index in [1.807, 2.05) is 7.05 Å². The van der Waals surface area contributed by atoms with E-state index >= 15 is 0 Å². The highest BCUT2D eigenvalue weighted by Crippen LogP contribution is 2.13. The van der Waals surface area contributed by atoms with Crippen molar-refractivity contribution in [2.45, 2.75) is 38.1 Å². The van der Waals surface area contributed by atoms with Gasteiger partial charge >= 0.3 is 0 Å². The fourth-order valence-electron chi connectivity index (χ4n) is 1.44. The van der Waals surface area contributed by atoms with Gasteiger partial charge in [-0.05, 0) is 26.3 Å². The van der Waals surface area contributed by atoms with Crippen LogP contribution in [0.4, 0.5) is 0 Å². The molecule has 2 heteroatoms. The van der Waals surface area contributed by atoms with Gasteiger partial charge in [0, 0.05) is 18.9 Å². The Bertz CT molecular complexity index is 122. The SMILES string of the molecule is CNC1CCCC(=O)CC1. The Morgan fingerprint density at radius 3 is 2.90 bits per heavy atom. The zero-order chi connectivity index (χ0) is 7.40. The van der Waals surface area contributed by atoms with Gasteiger partial charge in [-0.2, -0.15) is 0 Å². The summed E-state index contributed by atoms with van der Waals surface area (Å²) in [4.78, 5) is 10.9. The van der Waals surface area contributed by atoms with E-state index in [1.54, 1.807) is 0 Å². The second-order valence-corrected chi connectivity index (χ2v) is 2.96. The predicted octanol–water partition coefficient (Wildman–Crippen LogP) is 1.11. The molecule has 0 aromatic heterocycles. The molecule has 1 unspecified atom stereocenters. The Balaban J connectivity index is 2.33. The summed E-state index contributed by atoms with van der Waals surface area (Å²) in [5, 5.41) is 3.21. The summed E-state index contributed by atoms with van der Waals surface area (Å²) >= 11 is 0.